The van der Waals surface area contributed by atoms with Crippen LogP contribution in [-0.2, 0) is 4.84 Å². The number of hydroxylamine groups is 2. The maximum atomic E-state index is 11.8. The summed E-state index contributed by atoms with van der Waals surface area (Å²) in [6.07, 6.45) is 0. The van der Waals surface area contributed by atoms with Gasteiger partial charge in [-0.3, -0.25) is 14.4 Å². The van der Waals surface area contributed by atoms with Crippen LogP contribution in [0.2, 0.25) is 0 Å². The summed E-state index contributed by atoms with van der Waals surface area (Å²) in [7, 11) is 0. The Morgan fingerprint density at radius 1 is 1.27 bits per heavy atom. The Balaban J connectivity index is 2.31. The van der Waals surface area contributed by atoms with E-state index in [1.165, 1.54) is 24.3 Å². The minimum absolute atomic E-state index is 0.0294. The first-order valence-electron chi connectivity index (χ1n) is 6.04. The second-order valence-electron chi connectivity index (χ2n) is 2.76. The number of aliphatic hydroxyl groups is 1. The van der Waals surface area contributed by atoms with Gasteiger partial charge in [-0.1, -0.05) is 12.1 Å². The van der Waals surface area contributed by atoms with Crippen molar-refractivity contribution in [3.05, 3.63) is 35.4 Å². The van der Waals surface area contributed by atoms with E-state index in [4.69, 9.17) is 10.6 Å². The molecular formula is C10H9NO4. The van der Waals surface area contributed by atoms with Crippen LogP contribution in [0, 0.1) is 0 Å². The molecule has 15 heavy (non-hydrogen) atoms. The number of amides is 2. The molecule has 0 bridgehead atoms. The normalized spacial score (nSPS) is 20.5. The lowest BCUT2D eigenvalue weighted by molar-refractivity contribution is -0.0994. The Morgan fingerprint density at radius 3 is 2.27 bits per heavy atom. The zero-order valence-electron chi connectivity index (χ0n) is 11.4. The maximum absolute atomic E-state index is 11.8. The molecule has 0 spiro atoms. The molecule has 0 atom stereocenters. The number of imide groups is 1. The van der Waals surface area contributed by atoms with Crippen molar-refractivity contribution in [1.82, 2.24) is 5.06 Å². The van der Waals surface area contributed by atoms with Gasteiger partial charge in [0.25, 0.3) is 11.8 Å². The van der Waals surface area contributed by atoms with Crippen LogP contribution in [0.25, 0.3) is 0 Å². The van der Waals surface area contributed by atoms with Gasteiger partial charge in [0.1, 0.15) is 0 Å². The zero-order chi connectivity index (χ0) is 14.4. The number of carbonyl (C=O) groups excluding carboxylic acids is 2. The van der Waals surface area contributed by atoms with E-state index in [0.29, 0.717) is 0 Å². The molecule has 0 saturated heterocycles. The molecule has 0 radical (unpaired) electrons. The van der Waals surface area contributed by atoms with Gasteiger partial charge in [0.15, 0.2) is 0 Å². The first kappa shape index (κ1) is 5.99. The topological polar surface area (TPSA) is 66.8 Å². The van der Waals surface area contributed by atoms with Gasteiger partial charge in [-0.25, -0.2) is 0 Å². The van der Waals surface area contributed by atoms with Gasteiger partial charge >= 0.3 is 0 Å². The third kappa shape index (κ3) is 1.51. The van der Waals surface area contributed by atoms with Gasteiger partial charge in [0.05, 0.1) is 29.7 Å². The van der Waals surface area contributed by atoms with Crippen LogP contribution in [0.15, 0.2) is 24.3 Å². The summed E-state index contributed by atoms with van der Waals surface area (Å²) in [6.45, 7) is -6.62. The zero-order valence-corrected chi connectivity index (χ0v) is 7.43. The van der Waals surface area contributed by atoms with Crippen molar-refractivity contribution in [3.8, 4) is 0 Å². The standard InChI is InChI=1S/C10H9NO4/c12-5-6-15-11-9(13)7-3-1-2-4-8(7)10(11)14/h1-4,12H,5-6H2/i5D2,6D2. The maximum Gasteiger partial charge on any atom is 0.285 e. The van der Waals surface area contributed by atoms with E-state index < -0.39 is 24.9 Å². The molecule has 1 aromatic rings. The van der Waals surface area contributed by atoms with Crippen LogP contribution >= 0.6 is 0 Å². The summed E-state index contributed by atoms with van der Waals surface area (Å²) < 4.78 is 28.1. The average molecular weight is 211 g/mol. The molecule has 0 aromatic heterocycles. The summed E-state index contributed by atoms with van der Waals surface area (Å²) in [4.78, 5) is 28.1. The summed E-state index contributed by atoms with van der Waals surface area (Å²) in [6, 6.07) is 5.77. The Morgan fingerprint density at radius 2 is 1.80 bits per heavy atom. The molecule has 0 saturated carbocycles. The molecule has 1 heterocycles. The van der Waals surface area contributed by atoms with E-state index in [0.717, 1.165) is 0 Å². The highest BCUT2D eigenvalue weighted by Crippen LogP contribution is 2.22. The third-order valence-corrected chi connectivity index (χ3v) is 1.94. The number of benzene rings is 1. The highest BCUT2D eigenvalue weighted by Gasteiger charge is 2.36. The molecule has 2 rings (SSSR count). The van der Waals surface area contributed by atoms with Crippen LogP contribution in [-0.4, -0.2) is 35.1 Å². The second kappa shape index (κ2) is 3.80. The number of carbonyl (C=O) groups is 2. The smallest absolute Gasteiger partial charge is 0.285 e. The number of hydrogen-bond acceptors (Lipinski definition) is 4. The fourth-order valence-electron chi connectivity index (χ4n) is 1.32. The Kier molecular flexibility index (Phi) is 1.52. The lowest BCUT2D eigenvalue weighted by atomic mass is 10.1. The number of fused-ring (bicyclic) bond motifs is 1. The van der Waals surface area contributed by atoms with Gasteiger partial charge in [-0.2, -0.15) is 0 Å². The first-order valence-corrected chi connectivity index (χ1v) is 4.04. The molecule has 2 amide bonds. The molecule has 0 unspecified atom stereocenters. The van der Waals surface area contributed by atoms with Gasteiger partial charge in [0, 0.05) is 0 Å². The van der Waals surface area contributed by atoms with Crippen LogP contribution in [0.1, 0.15) is 26.2 Å². The molecule has 1 aliphatic heterocycles. The van der Waals surface area contributed by atoms with Crippen LogP contribution in [0.5, 0.6) is 0 Å². The van der Waals surface area contributed by atoms with Crippen molar-refractivity contribution in [1.29, 1.82) is 0 Å². The average Bonchev–Trinajstić information content (AvgIpc) is 2.54. The predicted octanol–water partition coefficient (Wildman–Crippen LogP) is 0.207. The van der Waals surface area contributed by atoms with E-state index in [2.05, 4.69) is 4.84 Å². The molecule has 0 fully saturated rings. The highest BCUT2D eigenvalue weighted by atomic mass is 16.7. The van der Waals surface area contributed by atoms with E-state index >= 15 is 0 Å². The minimum Gasteiger partial charge on any atom is -0.394 e. The van der Waals surface area contributed by atoms with Crippen molar-refractivity contribution < 1.29 is 25.0 Å². The number of nitrogens with zero attached hydrogens (tertiary/aromatic N) is 1. The molecule has 1 aliphatic rings. The van der Waals surface area contributed by atoms with Gasteiger partial charge in [-0.15, -0.1) is 5.06 Å². The van der Waals surface area contributed by atoms with E-state index in [9.17, 15) is 9.59 Å². The minimum atomic E-state index is -3.37. The fraction of sp³-hybridized carbons (Fsp3) is 0.200. The summed E-state index contributed by atoms with van der Waals surface area (Å²) in [5.74, 6) is -1.82. The van der Waals surface area contributed by atoms with Crippen molar-refractivity contribution in [3.63, 3.8) is 0 Å². The molecule has 1 N–H and O–H groups in total. The molecule has 5 heteroatoms. The van der Waals surface area contributed by atoms with Crippen molar-refractivity contribution >= 4 is 11.8 Å². The van der Waals surface area contributed by atoms with Gasteiger partial charge in [-0.05, 0) is 12.1 Å². The molecular weight excluding hydrogens is 198 g/mol. The SMILES string of the molecule is [2H]C([2H])(O)C([2H])([2H])ON1C(=O)c2ccccc2C1=O. The first-order chi connectivity index (χ1) is 8.65. The monoisotopic (exact) mass is 211 g/mol. The largest absolute Gasteiger partial charge is 0.394 e. The summed E-state index contributed by atoms with van der Waals surface area (Å²) in [5.41, 5.74) is 0.0589. The van der Waals surface area contributed by atoms with E-state index in [-0.39, 0.29) is 16.2 Å². The third-order valence-electron chi connectivity index (χ3n) is 1.94. The number of hydrogen-bond donors (Lipinski definition) is 1. The van der Waals surface area contributed by atoms with Crippen molar-refractivity contribution in [2.24, 2.45) is 0 Å². The van der Waals surface area contributed by atoms with E-state index in [1.54, 1.807) is 0 Å². The lowest BCUT2D eigenvalue weighted by Gasteiger charge is -2.11. The van der Waals surface area contributed by atoms with Crippen LogP contribution < -0.4 is 0 Å². The quantitative estimate of drug-likeness (QED) is 0.725. The van der Waals surface area contributed by atoms with Crippen molar-refractivity contribution in [2.75, 3.05) is 13.1 Å². The highest BCUT2D eigenvalue weighted by molar-refractivity contribution is 6.20. The summed E-state index contributed by atoms with van der Waals surface area (Å²) in [5, 5.41) is 9.09. The summed E-state index contributed by atoms with van der Waals surface area (Å²) >= 11 is 0. The molecule has 5 nitrogen and oxygen atoms in total. The Hall–Kier alpha value is -1.72. The fourth-order valence-corrected chi connectivity index (χ4v) is 1.32. The lowest BCUT2D eigenvalue weighted by Crippen LogP contribution is -2.31. The van der Waals surface area contributed by atoms with Gasteiger partial charge < -0.3 is 5.11 Å². The Bertz CT molecular complexity index is 520. The molecule has 1 aromatic carbocycles. The molecule has 78 valence electrons. The van der Waals surface area contributed by atoms with Crippen molar-refractivity contribution in [2.45, 2.75) is 0 Å². The predicted molar refractivity (Wildman–Crippen MR) is 50.0 cm³/mol. The Labute approximate surface area is 91.4 Å². The second-order valence-corrected chi connectivity index (χ2v) is 2.76. The van der Waals surface area contributed by atoms with Crippen LogP contribution in [0.3, 0.4) is 0 Å². The van der Waals surface area contributed by atoms with Gasteiger partial charge in [0.2, 0.25) is 0 Å². The number of rotatable bonds is 3. The van der Waals surface area contributed by atoms with Crippen LogP contribution in [0.4, 0.5) is 0 Å². The van der Waals surface area contributed by atoms with E-state index in [1.807, 2.05) is 0 Å². The molecule has 0 aliphatic carbocycles.